The summed E-state index contributed by atoms with van der Waals surface area (Å²) in [5, 5.41) is 11.6. The molecule has 1 heterocycles. The smallest absolute Gasteiger partial charge is 0.240 e. The van der Waals surface area contributed by atoms with Crippen LogP contribution in [0.15, 0.2) is 29.4 Å². The number of carbonyl (C=O) groups is 1. The van der Waals surface area contributed by atoms with Gasteiger partial charge >= 0.3 is 0 Å². The van der Waals surface area contributed by atoms with Crippen LogP contribution in [0, 0.1) is 13.8 Å². The van der Waals surface area contributed by atoms with Crippen molar-refractivity contribution in [2.75, 3.05) is 0 Å². The Kier molecular flexibility index (Phi) is 5.11. The van der Waals surface area contributed by atoms with Crippen LogP contribution < -0.4 is 5.43 Å². The van der Waals surface area contributed by atoms with Crippen LogP contribution >= 0.6 is 11.6 Å². The number of rotatable bonds is 5. The topological polar surface area (TPSA) is 70.1 Å². The van der Waals surface area contributed by atoms with Gasteiger partial charge in [0, 0.05) is 17.1 Å². The van der Waals surface area contributed by atoms with E-state index in [1.54, 1.807) is 18.3 Å². The highest BCUT2D eigenvalue weighted by Gasteiger charge is 2.08. The van der Waals surface area contributed by atoms with E-state index < -0.39 is 0 Å². The summed E-state index contributed by atoms with van der Waals surface area (Å²) in [5.41, 5.74) is 6.42. The van der Waals surface area contributed by atoms with Gasteiger partial charge in [0.25, 0.3) is 0 Å². The summed E-state index contributed by atoms with van der Waals surface area (Å²) in [5.74, 6) is -0.125. The molecule has 0 aliphatic heterocycles. The van der Waals surface area contributed by atoms with E-state index in [2.05, 4.69) is 20.7 Å². The third-order valence-corrected chi connectivity index (χ3v) is 3.41. The highest BCUT2D eigenvalue weighted by molar-refractivity contribution is 6.30. The lowest BCUT2D eigenvalue weighted by Crippen LogP contribution is -2.18. The number of aryl methyl sites for hydroxylation is 2. The van der Waals surface area contributed by atoms with Crippen LogP contribution in [0.4, 0.5) is 0 Å². The molecule has 5 nitrogen and oxygen atoms in total. The van der Waals surface area contributed by atoms with Crippen LogP contribution in [0.3, 0.4) is 0 Å². The maximum absolute atomic E-state index is 11.7. The van der Waals surface area contributed by atoms with Crippen molar-refractivity contribution in [2.24, 2.45) is 5.10 Å². The Hall–Kier alpha value is -2.14. The first-order valence-corrected chi connectivity index (χ1v) is 7.02. The second-order valence-corrected chi connectivity index (χ2v) is 5.19. The Morgan fingerprint density at radius 3 is 2.71 bits per heavy atom. The average Bonchev–Trinajstić information content (AvgIpc) is 2.78. The van der Waals surface area contributed by atoms with Gasteiger partial charge in [-0.05, 0) is 43.5 Å². The van der Waals surface area contributed by atoms with Gasteiger partial charge in [-0.25, -0.2) is 5.43 Å². The van der Waals surface area contributed by atoms with E-state index in [0.29, 0.717) is 17.9 Å². The van der Waals surface area contributed by atoms with Crippen molar-refractivity contribution in [3.63, 3.8) is 0 Å². The zero-order valence-electron chi connectivity index (χ0n) is 12.0. The molecule has 1 amide bonds. The molecule has 0 bridgehead atoms. The zero-order chi connectivity index (χ0) is 15.2. The highest BCUT2D eigenvalue weighted by atomic mass is 35.5. The van der Waals surface area contributed by atoms with Crippen molar-refractivity contribution in [2.45, 2.75) is 26.7 Å². The lowest BCUT2D eigenvalue weighted by molar-refractivity contribution is -0.121. The lowest BCUT2D eigenvalue weighted by atomic mass is 10.1. The lowest BCUT2D eigenvalue weighted by Gasteiger charge is -2.01. The van der Waals surface area contributed by atoms with E-state index in [1.807, 2.05) is 26.0 Å². The van der Waals surface area contributed by atoms with E-state index in [4.69, 9.17) is 11.6 Å². The quantitative estimate of drug-likeness (QED) is 0.658. The van der Waals surface area contributed by atoms with Gasteiger partial charge < -0.3 is 0 Å². The Labute approximate surface area is 128 Å². The van der Waals surface area contributed by atoms with Gasteiger partial charge in [-0.15, -0.1) is 0 Å². The molecule has 0 radical (unpaired) electrons. The van der Waals surface area contributed by atoms with Crippen molar-refractivity contribution in [3.05, 3.63) is 51.8 Å². The second-order valence-electron chi connectivity index (χ2n) is 4.76. The Balaban J connectivity index is 1.81. The van der Waals surface area contributed by atoms with Crippen LogP contribution in [-0.4, -0.2) is 22.3 Å². The molecule has 0 aliphatic rings. The zero-order valence-corrected chi connectivity index (χ0v) is 12.7. The Morgan fingerprint density at radius 2 is 2.10 bits per heavy atom. The largest absolute Gasteiger partial charge is 0.282 e. The molecule has 110 valence electrons. The minimum Gasteiger partial charge on any atom is -0.282 e. The fourth-order valence-electron chi connectivity index (χ4n) is 1.96. The van der Waals surface area contributed by atoms with Crippen LogP contribution in [0.25, 0.3) is 0 Å². The van der Waals surface area contributed by atoms with Gasteiger partial charge in [0.15, 0.2) is 0 Å². The number of aromatic amines is 1. The SMILES string of the molecule is Cc1n[nH]c(C)c1CCC(=O)N/N=C/c1ccc(Cl)cc1. The minimum absolute atomic E-state index is 0.125. The van der Waals surface area contributed by atoms with Gasteiger partial charge in [0.1, 0.15) is 0 Å². The maximum atomic E-state index is 11.7. The number of hydrogen-bond acceptors (Lipinski definition) is 3. The standard InChI is InChI=1S/C15H17ClN4O/c1-10-14(11(2)19-18-10)7-8-15(21)20-17-9-12-3-5-13(16)6-4-12/h3-6,9H,7-8H2,1-2H3,(H,18,19)(H,20,21)/b17-9+. The molecule has 0 aliphatic carbocycles. The molecule has 0 atom stereocenters. The summed E-state index contributed by atoms with van der Waals surface area (Å²) >= 11 is 5.79. The molecule has 6 heteroatoms. The highest BCUT2D eigenvalue weighted by Crippen LogP contribution is 2.11. The number of amides is 1. The summed E-state index contributed by atoms with van der Waals surface area (Å²) in [6.07, 6.45) is 2.61. The Bertz CT molecular complexity index is 627. The molecule has 0 spiro atoms. The van der Waals surface area contributed by atoms with Gasteiger partial charge in [0.05, 0.1) is 11.9 Å². The van der Waals surface area contributed by atoms with Gasteiger partial charge in [-0.3, -0.25) is 9.89 Å². The van der Waals surface area contributed by atoms with Crippen molar-refractivity contribution in [3.8, 4) is 0 Å². The number of hydrogen-bond donors (Lipinski definition) is 2. The maximum Gasteiger partial charge on any atom is 0.240 e. The summed E-state index contributed by atoms with van der Waals surface area (Å²) in [7, 11) is 0. The molecule has 21 heavy (non-hydrogen) atoms. The van der Waals surface area contributed by atoms with E-state index in [1.165, 1.54) is 0 Å². The van der Waals surface area contributed by atoms with Gasteiger partial charge in [-0.1, -0.05) is 23.7 Å². The monoisotopic (exact) mass is 304 g/mol. The molecule has 1 aromatic carbocycles. The van der Waals surface area contributed by atoms with Crippen LogP contribution in [0.5, 0.6) is 0 Å². The predicted octanol–water partition coefficient (Wildman–Crippen LogP) is 2.76. The number of benzene rings is 1. The molecular formula is C15H17ClN4O. The molecule has 2 aromatic rings. The van der Waals surface area contributed by atoms with E-state index >= 15 is 0 Å². The van der Waals surface area contributed by atoms with Crippen LogP contribution in [-0.2, 0) is 11.2 Å². The normalized spacial score (nSPS) is 11.0. The minimum atomic E-state index is -0.125. The number of nitrogens with one attached hydrogen (secondary N) is 2. The van der Waals surface area contributed by atoms with Crippen molar-refractivity contribution in [1.29, 1.82) is 0 Å². The molecule has 2 rings (SSSR count). The summed E-state index contributed by atoms with van der Waals surface area (Å²) in [6, 6.07) is 7.21. The number of nitrogens with zero attached hydrogens (tertiary/aromatic N) is 2. The third-order valence-electron chi connectivity index (χ3n) is 3.16. The number of hydrazone groups is 1. The van der Waals surface area contributed by atoms with Crippen LogP contribution in [0.1, 0.15) is 28.9 Å². The van der Waals surface area contributed by atoms with Gasteiger partial charge in [-0.2, -0.15) is 10.2 Å². The molecular weight excluding hydrogens is 288 g/mol. The summed E-state index contributed by atoms with van der Waals surface area (Å²) in [6.45, 7) is 3.88. The van der Waals surface area contributed by atoms with Gasteiger partial charge in [0.2, 0.25) is 5.91 Å². The number of aromatic nitrogens is 2. The molecule has 2 N–H and O–H groups in total. The molecule has 0 unspecified atom stereocenters. The van der Waals surface area contributed by atoms with Crippen molar-refractivity contribution >= 4 is 23.7 Å². The molecule has 0 saturated carbocycles. The van der Waals surface area contributed by atoms with E-state index in [0.717, 1.165) is 22.5 Å². The molecule has 0 saturated heterocycles. The molecule has 1 aromatic heterocycles. The first-order chi connectivity index (χ1) is 10.1. The van der Waals surface area contributed by atoms with Crippen LogP contribution in [0.2, 0.25) is 5.02 Å². The number of halogens is 1. The summed E-state index contributed by atoms with van der Waals surface area (Å²) < 4.78 is 0. The second kappa shape index (κ2) is 7.04. The Morgan fingerprint density at radius 1 is 1.38 bits per heavy atom. The third kappa shape index (κ3) is 4.43. The first kappa shape index (κ1) is 15.3. The summed E-state index contributed by atoms with van der Waals surface area (Å²) in [4.78, 5) is 11.7. The van der Waals surface area contributed by atoms with E-state index in [-0.39, 0.29) is 5.91 Å². The molecule has 0 fully saturated rings. The average molecular weight is 305 g/mol. The fraction of sp³-hybridized carbons (Fsp3) is 0.267. The fourth-order valence-corrected chi connectivity index (χ4v) is 2.09. The van der Waals surface area contributed by atoms with Crippen molar-refractivity contribution < 1.29 is 4.79 Å². The number of H-pyrrole nitrogens is 1. The van der Waals surface area contributed by atoms with E-state index in [9.17, 15) is 4.79 Å². The number of carbonyl (C=O) groups excluding carboxylic acids is 1. The van der Waals surface area contributed by atoms with Crippen molar-refractivity contribution in [1.82, 2.24) is 15.6 Å². The predicted molar refractivity (Wildman–Crippen MR) is 83.6 cm³/mol. The first-order valence-electron chi connectivity index (χ1n) is 6.64.